The highest BCUT2D eigenvalue weighted by molar-refractivity contribution is 9.10. The van der Waals surface area contributed by atoms with Crippen LogP contribution in [0.3, 0.4) is 0 Å². The van der Waals surface area contributed by atoms with Crippen LogP contribution in [0.2, 0.25) is 0 Å². The molecule has 0 aliphatic carbocycles. The van der Waals surface area contributed by atoms with Gasteiger partial charge in [0.2, 0.25) is 0 Å². The molecule has 14 heavy (non-hydrogen) atoms. The van der Waals surface area contributed by atoms with Crippen LogP contribution in [0.25, 0.3) is 0 Å². The van der Waals surface area contributed by atoms with Gasteiger partial charge in [-0.1, -0.05) is 6.07 Å². The number of aliphatic hydroxyl groups excluding tert-OH is 1. The van der Waals surface area contributed by atoms with Crippen molar-refractivity contribution in [1.29, 1.82) is 0 Å². The number of hydrogen-bond donors (Lipinski definition) is 2. The van der Waals surface area contributed by atoms with E-state index in [1.165, 1.54) is 12.1 Å². The second-order valence-electron chi connectivity index (χ2n) is 2.65. The lowest BCUT2D eigenvalue weighted by atomic mass is 10.1. The molecule has 0 unspecified atom stereocenters. The summed E-state index contributed by atoms with van der Waals surface area (Å²) in [5.41, 5.74) is 3.67. The number of rotatable bonds is 1. The van der Waals surface area contributed by atoms with Crippen LogP contribution in [0, 0.1) is 0 Å². The minimum Gasteiger partial charge on any atom is -0.397 e. The zero-order valence-corrected chi connectivity index (χ0v) is 8.48. The summed E-state index contributed by atoms with van der Waals surface area (Å²) in [5, 5.41) is 8.73. The third kappa shape index (κ3) is 2.01. The quantitative estimate of drug-likeness (QED) is 0.770. The Labute approximate surface area is 86.7 Å². The molecule has 3 N–H and O–H groups in total. The first-order chi connectivity index (χ1) is 6.38. The molecule has 0 spiro atoms. The first kappa shape index (κ1) is 11.3. The normalized spacial score (nSPS) is 11.8. The van der Waals surface area contributed by atoms with E-state index in [2.05, 4.69) is 15.9 Å². The van der Waals surface area contributed by atoms with Gasteiger partial charge in [-0.25, -0.2) is 0 Å². The van der Waals surface area contributed by atoms with E-state index in [0.29, 0.717) is 0 Å². The summed E-state index contributed by atoms with van der Waals surface area (Å²) in [4.78, 5) is 0. The summed E-state index contributed by atoms with van der Waals surface area (Å²) in [5.74, 6) is 0. The van der Waals surface area contributed by atoms with Gasteiger partial charge in [-0.15, -0.1) is 0 Å². The molecule has 0 heterocycles. The highest BCUT2D eigenvalue weighted by Crippen LogP contribution is 2.39. The maximum Gasteiger partial charge on any atom is 0.418 e. The third-order valence-electron chi connectivity index (χ3n) is 1.73. The molecule has 0 saturated carbocycles. The van der Waals surface area contributed by atoms with E-state index in [1.54, 1.807) is 0 Å². The molecule has 0 amide bonds. The van der Waals surface area contributed by atoms with Gasteiger partial charge in [0.1, 0.15) is 0 Å². The Kier molecular flexibility index (Phi) is 3.06. The SMILES string of the molecule is Nc1c(Br)ccc(CO)c1C(F)(F)F. The average Bonchev–Trinajstić information content (AvgIpc) is 2.07. The summed E-state index contributed by atoms with van der Waals surface area (Å²) >= 11 is 2.90. The van der Waals surface area contributed by atoms with Gasteiger partial charge in [0, 0.05) is 4.47 Å². The van der Waals surface area contributed by atoms with E-state index in [4.69, 9.17) is 10.8 Å². The van der Waals surface area contributed by atoms with Crippen molar-refractivity contribution < 1.29 is 18.3 Å². The van der Waals surface area contributed by atoms with Crippen LogP contribution in [0.4, 0.5) is 18.9 Å². The lowest BCUT2D eigenvalue weighted by Gasteiger charge is -2.14. The van der Waals surface area contributed by atoms with Gasteiger partial charge in [-0.2, -0.15) is 13.2 Å². The topological polar surface area (TPSA) is 46.2 Å². The minimum atomic E-state index is -4.55. The average molecular weight is 270 g/mol. The fraction of sp³-hybridized carbons (Fsp3) is 0.250. The van der Waals surface area contributed by atoms with Gasteiger partial charge >= 0.3 is 6.18 Å². The summed E-state index contributed by atoms with van der Waals surface area (Å²) < 4.78 is 37.6. The van der Waals surface area contributed by atoms with Crippen molar-refractivity contribution in [2.24, 2.45) is 0 Å². The highest BCUT2D eigenvalue weighted by Gasteiger charge is 2.36. The van der Waals surface area contributed by atoms with Gasteiger partial charge in [-0.05, 0) is 27.6 Å². The monoisotopic (exact) mass is 269 g/mol. The van der Waals surface area contributed by atoms with Crippen molar-refractivity contribution in [3.05, 3.63) is 27.7 Å². The zero-order valence-electron chi connectivity index (χ0n) is 6.90. The molecule has 1 rings (SSSR count). The van der Waals surface area contributed by atoms with E-state index < -0.39 is 24.0 Å². The Balaban J connectivity index is 3.44. The first-order valence-corrected chi connectivity index (χ1v) is 4.42. The molecule has 0 aliphatic heterocycles. The van der Waals surface area contributed by atoms with Gasteiger partial charge in [-0.3, -0.25) is 0 Å². The molecule has 0 aliphatic rings. The second-order valence-corrected chi connectivity index (χ2v) is 3.51. The van der Waals surface area contributed by atoms with Crippen LogP contribution < -0.4 is 5.73 Å². The third-order valence-corrected chi connectivity index (χ3v) is 2.42. The Morgan fingerprint density at radius 1 is 1.36 bits per heavy atom. The molecule has 0 fully saturated rings. The highest BCUT2D eigenvalue weighted by atomic mass is 79.9. The molecule has 0 aromatic heterocycles. The maximum absolute atomic E-state index is 12.5. The van der Waals surface area contributed by atoms with Crippen molar-refractivity contribution in [3.8, 4) is 0 Å². The van der Waals surface area contributed by atoms with Crippen molar-refractivity contribution in [1.82, 2.24) is 0 Å². The minimum absolute atomic E-state index is 0.169. The van der Waals surface area contributed by atoms with Gasteiger partial charge in [0.25, 0.3) is 0 Å². The number of nitrogens with two attached hydrogens (primary N) is 1. The molecule has 6 heteroatoms. The van der Waals surface area contributed by atoms with E-state index in [-0.39, 0.29) is 10.0 Å². The Hall–Kier alpha value is -0.750. The van der Waals surface area contributed by atoms with Gasteiger partial charge in [0.05, 0.1) is 17.9 Å². The Morgan fingerprint density at radius 2 is 1.93 bits per heavy atom. The van der Waals surface area contributed by atoms with E-state index in [9.17, 15) is 13.2 Å². The van der Waals surface area contributed by atoms with Crippen molar-refractivity contribution in [2.45, 2.75) is 12.8 Å². The number of alkyl halides is 3. The fourth-order valence-electron chi connectivity index (χ4n) is 1.11. The number of aliphatic hydroxyl groups is 1. The predicted octanol–water partition coefficient (Wildman–Crippen LogP) is 2.54. The van der Waals surface area contributed by atoms with Crippen LogP contribution in [-0.4, -0.2) is 5.11 Å². The van der Waals surface area contributed by atoms with Crippen LogP contribution >= 0.6 is 15.9 Å². The molecule has 78 valence electrons. The molecule has 0 saturated heterocycles. The van der Waals surface area contributed by atoms with Crippen molar-refractivity contribution in [3.63, 3.8) is 0 Å². The molecule has 2 nitrogen and oxygen atoms in total. The largest absolute Gasteiger partial charge is 0.418 e. The Morgan fingerprint density at radius 3 is 2.36 bits per heavy atom. The molecule has 1 aromatic rings. The number of halogens is 4. The number of nitrogen functional groups attached to an aromatic ring is 1. The van der Waals surface area contributed by atoms with Crippen LogP contribution in [0.15, 0.2) is 16.6 Å². The van der Waals surface area contributed by atoms with E-state index >= 15 is 0 Å². The maximum atomic E-state index is 12.5. The predicted molar refractivity (Wildman–Crippen MR) is 49.5 cm³/mol. The van der Waals surface area contributed by atoms with E-state index in [1.807, 2.05) is 0 Å². The molecule has 0 atom stereocenters. The molecule has 0 radical (unpaired) electrons. The summed E-state index contributed by atoms with van der Waals surface area (Å²) in [6.07, 6.45) is -4.55. The lowest BCUT2D eigenvalue weighted by molar-refractivity contribution is -0.138. The fourth-order valence-corrected chi connectivity index (χ4v) is 1.44. The lowest BCUT2D eigenvalue weighted by Crippen LogP contribution is -2.13. The van der Waals surface area contributed by atoms with Crippen LogP contribution in [-0.2, 0) is 12.8 Å². The second kappa shape index (κ2) is 3.78. The molecular formula is C8H7BrF3NO. The van der Waals surface area contributed by atoms with Crippen molar-refractivity contribution >= 4 is 21.6 Å². The van der Waals surface area contributed by atoms with Crippen molar-refractivity contribution in [2.75, 3.05) is 5.73 Å². The number of anilines is 1. The summed E-state index contributed by atoms with van der Waals surface area (Å²) in [7, 11) is 0. The summed E-state index contributed by atoms with van der Waals surface area (Å²) in [6, 6.07) is 2.55. The molecular weight excluding hydrogens is 263 g/mol. The van der Waals surface area contributed by atoms with Crippen LogP contribution in [0.5, 0.6) is 0 Å². The van der Waals surface area contributed by atoms with Crippen LogP contribution in [0.1, 0.15) is 11.1 Å². The molecule has 1 aromatic carbocycles. The van der Waals surface area contributed by atoms with Gasteiger partial charge < -0.3 is 10.8 Å². The first-order valence-electron chi connectivity index (χ1n) is 3.63. The summed E-state index contributed by atoms with van der Waals surface area (Å²) in [6.45, 7) is -0.688. The number of benzene rings is 1. The molecule has 0 bridgehead atoms. The smallest absolute Gasteiger partial charge is 0.397 e. The zero-order chi connectivity index (χ0) is 10.9. The number of hydrogen-bond acceptors (Lipinski definition) is 2. The Bertz CT molecular complexity index is 351. The van der Waals surface area contributed by atoms with Gasteiger partial charge in [0.15, 0.2) is 0 Å². The standard InChI is InChI=1S/C8H7BrF3NO/c9-5-2-1-4(3-14)6(7(5)13)8(10,11)12/h1-2,14H,3,13H2. The van der Waals surface area contributed by atoms with E-state index in [0.717, 1.165) is 0 Å².